The summed E-state index contributed by atoms with van der Waals surface area (Å²) in [4.78, 5) is 15.0. The standard InChI is InChI=1S/C20H21ClN2O3/c1-3-26-17-11-12(10-15(21)18(17)25-2)19-22-16-7-5-4-6-14(16)20(24)23(19)13-8-9-13/h4-7,10-11,13,19,22H,3,8-9H2,1-2H3/t19-/m0/s1. The Bertz CT molecular complexity index is 851. The summed E-state index contributed by atoms with van der Waals surface area (Å²) in [5.41, 5.74) is 2.43. The molecule has 5 nitrogen and oxygen atoms in total. The summed E-state index contributed by atoms with van der Waals surface area (Å²) in [6.07, 6.45) is 1.76. The molecule has 2 aromatic rings. The zero-order chi connectivity index (χ0) is 18.3. The minimum Gasteiger partial charge on any atom is -0.491 e. The van der Waals surface area contributed by atoms with Crippen molar-refractivity contribution < 1.29 is 14.3 Å². The van der Waals surface area contributed by atoms with Gasteiger partial charge in [-0.2, -0.15) is 0 Å². The number of amides is 1. The molecule has 1 saturated carbocycles. The summed E-state index contributed by atoms with van der Waals surface area (Å²) >= 11 is 6.43. The third-order valence-electron chi connectivity index (χ3n) is 4.75. The summed E-state index contributed by atoms with van der Waals surface area (Å²) < 4.78 is 11.1. The molecule has 26 heavy (non-hydrogen) atoms. The number of rotatable bonds is 5. The van der Waals surface area contributed by atoms with Gasteiger partial charge in [0.1, 0.15) is 6.17 Å². The van der Waals surface area contributed by atoms with Gasteiger partial charge in [-0.25, -0.2) is 0 Å². The molecule has 0 radical (unpaired) electrons. The lowest BCUT2D eigenvalue weighted by Crippen LogP contribution is -2.44. The zero-order valence-electron chi connectivity index (χ0n) is 14.8. The van der Waals surface area contributed by atoms with Crippen LogP contribution in [0.15, 0.2) is 36.4 Å². The molecule has 1 amide bonds. The molecule has 0 spiro atoms. The number of nitrogens with zero attached hydrogens (tertiary/aromatic N) is 1. The van der Waals surface area contributed by atoms with Crippen LogP contribution < -0.4 is 14.8 Å². The first-order valence-corrected chi connectivity index (χ1v) is 9.20. The van der Waals surface area contributed by atoms with E-state index >= 15 is 0 Å². The fraction of sp³-hybridized carbons (Fsp3) is 0.350. The van der Waals surface area contributed by atoms with Gasteiger partial charge in [-0.05, 0) is 44.0 Å². The maximum absolute atomic E-state index is 13.1. The Morgan fingerprint density at radius 3 is 2.73 bits per heavy atom. The number of carbonyl (C=O) groups excluding carboxylic acids is 1. The average Bonchev–Trinajstić information content (AvgIpc) is 3.46. The summed E-state index contributed by atoms with van der Waals surface area (Å²) in [5, 5.41) is 3.97. The first-order valence-electron chi connectivity index (χ1n) is 8.82. The summed E-state index contributed by atoms with van der Waals surface area (Å²) in [6.45, 7) is 2.41. The second kappa shape index (κ2) is 6.72. The van der Waals surface area contributed by atoms with Gasteiger partial charge in [0.25, 0.3) is 5.91 Å². The van der Waals surface area contributed by atoms with Crippen molar-refractivity contribution in [3.8, 4) is 11.5 Å². The quantitative estimate of drug-likeness (QED) is 0.840. The molecule has 136 valence electrons. The van der Waals surface area contributed by atoms with Gasteiger partial charge in [0, 0.05) is 17.3 Å². The number of anilines is 1. The monoisotopic (exact) mass is 372 g/mol. The van der Waals surface area contributed by atoms with Gasteiger partial charge in [-0.15, -0.1) is 0 Å². The second-order valence-electron chi connectivity index (χ2n) is 6.50. The highest BCUT2D eigenvalue weighted by Crippen LogP contribution is 2.44. The Morgan fingerprint density at radius 2 is 2.04 bits per heavy atom. The number of halogens is 1. The highest BCUT2D eigenvalue weighted by Gasteiger charge is 2.42. The molecule has 1 aliphatic carbocycles. The molecular formula is C20H21ClN2O3. The molecule has 1 N–H and O–H groups in total. The number of hydrogen-bond acceptors (Lipinski definition) is 4. The lowest BCUT2D eigenvalue weighted by atomic mass is 10.0. The van der Waals surface area contributed by atoms with Crippen LogP contribution in [0, 0.1) is 0 Å². The number of nitrogens with one attached hydrogen (secondary N) is 1. The molecule has 4 rings (SSSR count). The molecule has 1 aliphatic heterocycles. The molecule has 0 saturated heterocycles. The van der Waals surface area contributed by atoms with Crippen LogP contribution in [-0.4, -0.2) is 30.6 Å². The molecule has 1 heterocycles. The lowest BCUT2D eigenvalue weighted by molar-refractivity contribution is 0.0666. The Kier molecular flexibility index (Phi) is 4.41. The maximum atomic E-state index is 13.1. The molecule has 1 atom stereocenters. The third-order valence-corrected chi connectivity index (χ3v) is 5.03. The summed E-state index contributed by atoms with van der Waals surface area (Å²) in [6, 6.07) is 11.6. The van der Waals surface area contributed by atoms with Crippen molar-refractivity contribution in [3.63, 3.8) is 0 Å². The number of para-hydroxylation sites is 1. The molecule has 6 heteroatoms. The van der Waals surface area contributed by atoms with Crippen LogP contribution in [0.3, 0.4) is 0 Å². The van der Waals surface area contributed by atoms with E-state index in [2.05, 4.69) is 5.32 Å². The lowest BCUT2D eigenvalue weighted by Gasteiger charge is -2.38. The topological polar surface area (TPSA) is 50.8 Å². The van der Waals surface area contributed by atoms with Crippen LogP contribution in [0.4, 0.5) is 5.69 Å². The van der Waals surface area contributed by atoms with E-state index in [1.54, 1.807) is 7.11 Å². The molecule has 1 fully saturated rings. The SMILES string of the molecule is CCOc1cc([C@H]2Nc3ccccc3C(=O)N2C2CC2)cc(Cl)c1OC. The number of hydrogen-bond donors (Lipinski definition) is 1. The summed E-state index contributed by atoms with van der Waals surface area (Å²) in [7, 11) is 1.57. The molecular weight excluding hydrogens is 352 g/mol. The minimum absolute atomic E-state index is 0.0525. The summed E-state index contributed by atoms with van der Waals surface area (Å²) in [5.74, 6) is 1.15. The predicted octanol–water partition coefficient (Wildman–Crippen LogP) is 4.48. The first kappa shape index (κ1) is 17.0. The Labute approximate surface area is 157 Å². The van der Waals surface area contributed by atoms with E-state index < -0.39 is 0 Å². The van der Waals surface area contributed by atoms with Gasteiger partial charge < -0.3 is 19.7 Å². The van der Waals surface area contributed by atoms with Crippen molar-refractivity contribution in [2.24, 2.45) is 0 Å². The van der Waals surface area contributed by atoms with Gasteiger partial charge in [0.15, 0.2) is 11.5 Å². The maximum Gasteiger partial charge on any atom is 0.258 e. The number of benzene rings is 2. The fourth-order valence-electron chi connectivity index (χ4n) is 3.45. The third kappa shape index (κ3) is 2.86. The number of ether oxygens (including phenoxy) is 2. The van der Waals surface area contributed by atoms with E-state index in [1.165, 1.54) is 0 Å². The van der Waals surface area contributed by atoms with E-state index in [1.807, 2.05) is 48.2 Å². The van der Waals surface area contributed by atoms with Crippen molar-refractivity contribution in [1.29, 1.82) is 0 Å². The molecule has 0 bridgehead atoms. The van der Waals surface area contributed by atoms with Gasteiger partial charge in [0.05, 0.1) is 24.3 Å². The Hall–Kier alpha value is -2.40. The number of methoxy groups -OCH3 is 1. The smallest absolute Gasteiger partial charge is 0.258 e. The predicted molar refractivity (Wildman–Crippen MR) is 101 cm³/mol. The van der Waals surface area contributed by atoms with Gasteiger partial charge in [-0.3, -0.25) is 4.79 Å². The molecule has 0 unspecified atom stereocenters. The zero-order valence-corrected chi connectivity index (χ0v) is 15.5. The Morgan fingerprint density at radius 1 is 1.27 bits per heavy atom. The van der Waals surface area contributed by atoms with Crippen molar-refractivity contribution >= 4 is 23.2 Å². The van der Waals surface area contributed by atoms with Gasteiger partial charge in [0.2, 0.25) is 0 Å². The van der Waals surface area contributed by atoms with Crippen molar-refractivity contribution in [2.45, 2.75) is 32.0 Å². The van der Waals surface area contributed by atoms with Gasteiger partial charge >= 0.3 is 0 Å². The highest BCUT2D eigenvalue weighted by molar-refractivity contribution is 6.32. The number of fused-ring (bicyclic) bond motifs is 1. The van der Waals surface area contributed by atoms with E-state index in [0.717, 1.165) is 24.1 Å². The van der Waals surface area contributed by atoms with Crippen LogP contribution in [0.1, 0.15) is 41.9 Å². The van der Waals surface area contributed by atoms with Gasteiger partial charge in [-0.1, -0.05) is 23.7 Å². The Balaban J connectivity index is 1.80. The number of carbonyl (C=O) groups is 1. The van der Waals surface area contributed by atoms with Crippen molar-refractivity contribution in [2.75, 3.05) is 19.0 Å². The van der Waals surface area contributed by atoms with Crippen LogP contribution >= 0.6 is 11.6 Å². The van der Waals surface area contributed by atoms with Crippen LogP contribution in [0.25, 0.3) is 0 Å². The van der Waals surface area contributed by atoms with Crippen molar-refractivity contribution in [3.05, 3.63) is 52.5 Å². The normalized spacial score (nSPS) is 19.0. The van der Waals surface area contributed by atoms with E-state index in [-0.39, 0.29) is 18.1 Å². The van der Waals surface area contributed by atoms with E-state index in [0.29, 0.717) is 28.7 Å². The van der Waals surface area contributed by atoms with Crippen LogP contribution in [0.5, 0.6) is 11.5 Å². The molecule has 2 aromatic carbocycles. The van der Waals surface area contributed by atoms with E-state index in [9.17, 15) is 4.79 Å². The molecule has 0 aromatic heterocycles. The van der Waals surface area contributed by atoms with E-state index in [4.69, 9.17) is 21.1 Å². The second-order valence-corrected chi connectivity index (χ2v) is 6.91. The average molecular weight is 373 g/mol. The molecule has 2 aliphatic rings. The fourth-order valence-corrected chi connectivity index (χ4v) is 3.75. The van der Waals surface area contributed by atoms with Crippen LogP contribution in [-0.2, 0) is 0 Å². The highest BCUT2D eigenvalue weighted by atomic mass is 35.5. The minimum atomic E-state index is -0.285. The largest absolute Gasteiger partial charge is 0.491 e. The van der Waals surface area contributed by atoms with Crippen LogP contribution in [0.2, 0.25) is 5.02 Å². The van der Waals surface area contributed by atoms with Crippen molar-refractivity contribution in [1.82, 2.24) is 4.90 Å². The first-order chi connectivity index (χ1) is 12.6.